The van der Waals surface area contributed by atoms with Crippen LogP contribution in [0.25, 0.3) is 11.1 Å². The molecule has 1 atom stereocenters. The number of nitrogens with one attached hydrogen (secondary N) is 1. The highest BCUT2D eigenvalue weighted by atomic mass is 16.6. The van der Waals surface area contributed by atoms with Gasteiger partial charge in [-0.25, -0.2) is 14.4 Å². The molecule has 2 N–H and O–H groups in total. The number of hydrogen-bond acceptors (Lipinski definition) is 5. The molecule has 172 valence electrons. The lowest BCUT2D eigenvalue weighted by Gasteiger charge is -2.22. The molecule has 0 aliphatic carbocycles. The molecule has 0 radical (unpaired) electrons. The molecule has 0 saturated heterocycles. The molecule has 1 amide bonds. The van der Waals surface area contributed by atoms with Gasteiger partial charge in [0, 0.05) is 6.42 Å². The van der Waals surface area contributed by atoms with E-state index >= 15 is 0 Å². The molecule has 2 aromatic rings. The van der Waals surface area contributed by atoms with Crippen molar-refractivity contribution in [3.05, 3.63) is 59.7 Å². The van der Waals surface area contributed by atoms with Crippen molar-refractivity contribution in [2.45, 2.75) is 65.2 Å². The van der Waals surface area contributed by atoms with Crippen LogP contribution >= 0.6 is 0 Å². The molecule has 0 aliphatic rings. The lowest BCUT2D eigenvalue weighted by molar-refractivity contribution is -0.139. The zero-order valence-corrected chi connectivity index (χ0v) is 19.4. The SMILES string of the molecule is CC(C)(C)OC(=O)NC(Cc1ccc(-c2ccccc2C(=O)OC(C)(C)C)cc1)C(=O)O. The molecule has 0 aromatic heterocycles. The minimum Gasteiger partial charge on any atom is -0.480 e. The molecule has 7 nitrogen and oxygen atoms in total. The number of ether oxygens (including phenoxy) is 2. The fourth-order valence-electron chi connectivity index (χ4n) is 2.95. The first-order valence-electron chi connectivity index (χ1n) is 10.4. The Bertz CT molecular complexity index is 967. The van der Waals surface area contributed by atoms with E-state index in [2.05, 4.69) is 5.32 Å². The second-order valence-electron chi connectivity index (χ2n) is 9.49. The van der Waals surface area contributed by atoms with Crippen LogP contribution in [0.1, 0.15) is 57.5 Å². The first kappa shape index (κ1) is 24.9. The smallest absolute Gasteiger partial charge is 0.408 e. The topological polar surface area (TPSA) is 102 Å². The predicted molar refractivity (Wildman–Crippen MR) is 122 cm³/mol. The Balaban J connectivity index is 2.19. The highest BCUT2D eigenvalue weighted by Crippen LogP contribution is 2.26. The number of rotatable bonds is 6. The monoisotopic (exact) mass is 441 g/mol. The molecule has 32 heavy (non-hydrogen) atoms. The van der Waals surface area contributed by atoms with Crippen molar-refractivity contribution >= 4 is 18.0 Å². The van der Waals surface area contributed by atoms with Crippen molar-refractivity contribution in [1.82, 2.24) is 5.32 Å². The van der Waals surface area contributed by atoms with E-state index in [-0.39, 0.29) is 6.42 Å². The maximum atomic E-state index is 12.6. The second kappa shape index (κ2) is 9.85. The minimum atomic E-state index is -1.16. The Labute approximate surface area is 188 Å². The Morgan fingerprint density at radius 2 is 1.44 bits per heavy atom. The third kappa shape index (κ3) is 7.72. The lowest BCUT2D eigenvalue weighted by atomic mass is 9.97. The lowest BCUT2D eigenvalue weighted by Crippen LogP contribution is -2.44. The quantitative estimate of drug-likeness (QED) is 0.623. The standard InChI is InChI=1S/C25H31NO6/c1-24(2,3)31-22(29)19-10-8-7-9-18(19)17-13-11-16(12-14-17)15-20(21(27)28)26-23(30)32-25(4,5)6/h7-14,20H,15H2,1-6H3,(H,26,30)(H,27,28). The van der Waals surface area contributed by atoms with Crippen molar-refractivity contribution in [2.24, 2.45) is 0 Å². The Hall–Kier alpha value is -3.35. The molecule has 2 rings (SSSR count). The summed E-state index contributed by atoms with van der Waals surface area (Å²) in [5, 5.41) is 11.9. The summed E-state index contributed by atoms with van der Waals surface area (Å²) in [5.74, 6) is -1.57. The summed E-state index contributed by atoms with van der Waals surface area (Å²) in [7, 11) is 0. The maximum Gasteiger partial charge on any atom is 0.408 e. The number of amides is 1. The van der Waals surface area contributed by atoms with Gasteiger partial charge >= 0.3 is 18.0 Å². The average Bonchev–Trinajstić information content (AvgIpc) is 2.65. The van der Waals surface area contributed by atoms with E-state index in [1.807, 2.05) is 45.0 Å². The van der Waals surface area contributed by atoms with Crippen LogP contribution in [-0.4, -0.2) is 40.4 Å². The molecule has 0 spiro atoms. The zero-order chi connectivity index (χ0) is 24.1. The van der Waals surface area contributed by atoms with E-state index < -0.39 is 35.3 Å². The largest absolute Gasteiger partial charge is 0.480 e. The zero-order valence-electron chi connectivity index (χ0n) is 19.4. The molecule has 2 aromatic carbocycles. The highest BCUT2D eigenvalue weighted by Gasteiger charge is 2.24. The van der Waals surface area contributed by atoms with Crippen molar-refractivity contribution < 1.29 is 29.0 Å². The van der Waals surface area contributed by atoms with E-state index in [1.165, 1.54) is 0 Å². The Morgan fingerprint density at radius 1 is 0.875 bits per heavy atom. The first-order chi connectivity index (χ1) is 14.7. The van der Waals surface area contributed by atoms with Crippen LogP contribution in [0.15, 0.2) is 48.5 Å². The van der Waals surface area contributed by atoms with Crippen LogP contribution in [0.2, 0.25) is 0 Å². The van der Waals surface area contributed by atoms with Gasteiger partial charge in [0.25, 0.3) is 0 Å². The minimum absolute atomic E-state index is 0.0859. The number of carboxylic acid groups (broad SMARTS) is 1. The van der Waals surface area contributed by atoms with Crippen LogP contribution in [0.5, 0.6) is 0 Å². The van der Waals surface area contributed by atoms with Crippen molar-refractivity contribution in [3.63, 3.8) is 0 Å². The normalized spacial score (nSPS) is 12.6. The van der Waals surface area contributed by atoms with Gasteiger partial charge in [0.15, 0.2) is 0 Å². The highest BCUT2D eigenvalue weighted by molar-refractivity contribution is 5.97. The van der Waals surface area contributed by atoms with Gasteiger partial charge in [0.2, 0.25) is 0 Å². The summed E-state index contributed by atoms with van der Waals surface area (Å²) < 4.78 is 10.6. The van der Waals surface area contributed by atoms with Crippen molar-refractivity contribution in [2.75, 3.05) is 0 Å². The first-order valence-corrected chi connectivity index (χ1v) is 10.4. The summed E-state index contributed by atoms with van der Waals surface area (Å²) in [4.78, 5) is 36.2. The van der Waals surface area contributed by atoms with Crippen molar-refractivity contribution in [3.8, 4) is 11.1 Å². The molecular formula is C25H31NO6. The molecule has 0 aliphatic heterocycles. The van der Waals surface area contributed by atoms with Crippen LogP contribution in [-0.2, 0) is 20.7 Å². The summed E-state index contributed by atoms with van der Waals surface area (Å²) in [6.45, 7) is 10.5. The third-order valence-electron chi connectivity index (χ3n) is 4.24. The van der Waals surface area contributed by atoms with Crippen LogP contribution < -0.4 is 5.32 Å². The predicted octanol–water partition coefficient (Wildman–Crippen LogP) is 4.83. The van der Waals surface area contributed by atoms with Crippen LogP contribution in [0.4, 0.5) is 4.79 Å². The maximum absolute atomic E-state index is 12.6. The number of hydrogen-bond donors (Lipinski definition) is 2. The number of aliphatic carboxylic acids is 1. The molecular weight excluding hydrogens is 410 g/mol. The number of carbonyl (C=O) groups is 3. The Morgan fingerprint density at radius 3 is 1.97 bits per heavy atom. The van der Waals surface area contributed by atoms with Gasteiger partial charge in [0.1, 0.15) is 17.2 Å². The van der Waals surface area contributed by atoms with Crippen LogP contribution in [0, 0.1) is 0 Å². The number of benzene rings is 2. The fourth-order valence-corrected chi connectivity index (χ4v) is 2.95. The fraction of sp³-hybridized carbons (Fsp3) is 0.400. The summed E-state index contributed by atoms with van der Waals surface area (Å²) in [6, 6.07) is 13.2. The van der Waals surface area contributed by atoms with Gasteiger partial charge in [-0.1, -0.05) is 42.5 Å². The third-order valence-corrected chi connectivity index (χ3v) is 4.24. The number of carbonyl (C=O) groups excluding carboxylic acids is 2. The van der Waals surface area contributed by atoms with E-state index in [0.717, 1.165) is 11.1 Å². The van der Waals surface area contributed by atoms with E-state index in [9.17, 15) is 19.5 Å². The molecule has 7 heteroatoms. The number of alkyl carbamates (subject to hydrolysis) is 1. The Kier molecular flexibility index (Phi) is 7.67. The second-order valence-corrected chi connectivity index (χ2v) is 9.49. The van der Waals surface area contributed by atoms with Crippen LogP contribution in [0.3, 0.4) is 0 Å². The van der Waals surface area contributed by atoms with Gasteiger partial charge in [-0.2, -0.15) is 0 Å². The van der Waals surface area contributed by atoms with Gasteiger partial charge in [-0.05, 0) is 64.3 Å². The molecule has 0 saturated carbocycles. The van der Waals surface area contributed by atoms with E-state index in [4.69, 9.17) is 9.47 Å². The van der Waals surface area contributed by atoms with Gasteiger partial charge in [-0.15, -0.1) is 0 Å². The average molecular weight is 442 g/mol. The van der Waals surface area contributed by atoms with Gasteiger partial charge in [-0.3, -0.25) is 0 Å². The number of carboxylic acids is 1. The summed E-state index contributed by atoms with van der Waals surface area (Å²) in [6.07, 6.45) is -0.699. The summed E-state index contributed by atoms with van der Waals surface area (Å²) >= 11 is 0. The van der Waals surface area contributed by atoms with E-state index in [0.29, 0.717) is 11.1 Å². The van der Waals surface area contributed by atoms with E-state index in [1.54, 1.807) is 45.0 Å². The molecule has 0 fully saturated rings. The number of esters is 1. The van der Waals surface area contributed by atoms with Crippen molar-refractivity contribution in [1.29, 1.82) is 0 Å². The van der Waals surface area contributed by atoms with Gasteiger partial charge < -0.3 is 19.9 Å². The van der Waals surface area contributed by atoms with Gasteiger partial charge in [0.05, 0.1) is 5.56 Å². The summed E-state index contributed by atoms with van der Waals surface area (Å²) in [5.41, 5.74) is 1.34. The molecule has 0 heterocycles. The molecule has 1 unspecified atom stereocenters. The molecule has 0 bridgehead atoms.